The lowest BCUT2D eigenvalue weighted by atomic mass is 10.0. The van der Waals surface area contributed by atoms with E-state index in [1.165, 1.54) is 12.1 Å². The first kappa shape index (κ1) is 15.9. The van der Waals surface area contributed by atoms with Crippen LogP contribution < -0.4 is 15.0 Å². The largest absolute Gasteiger partial charge is 0.573 e. The fourth-order valence-electron chi connectivity index (χ4n) is 2.57. The van der Waals surface area contributed by atoms with Gasteiger partial charge in [-0.05, 0) is 37.9 Å². The second-order valence-corrected chi connectivity index (χ2v) is 5.26. The van der Waals surface area contributed by atoms with Gasteiger partial charge in [0.15, 0.2) is 0 Å². The number of nitrogens with one attached hydrogen (secondary N) is 1. The highest BCUT2D eigenvalue weighted by Gasteiger charge is 2.31. The molecule has 0 unspecified atom stereocenters. The van der Waals surface area contributed by atoms with Gasteiger partial charge in [0.2, 0.25) is 0 Å². The Kier molecular flexibility index (Phi) is 5.33. The van der Waals surface area contributed by atoms with E-state index in [0.717, 1.165) is 44.6 Å². The van der Waals surface area contributed by atoms with Gasteiger partial charge in [0.05, 0.1) is 0 Å². The average molecular weight is 302 g/mol. The van der Waals surface area contributed by atoms with Gasteiger partial charge in [0.1, 0.15) is 5.75 Å². The summed E-state index contributed by atoms with van der Waals surface area (Å²) in [5.74, 6) is -0.161. The van der Waals surface area contributed by atoms with Gasteiger partial charge in [-0.3, -0.25) is 0 Å². The summed E-state index contributed by atoms with van der Waals surface area (Å²) >= 11 is 0. The van der Waals surface area contributed by atoms with E-state index in [4.69, 9.17) is 0 Å². The standard InChI is InChI=1S/C15H21F3N2O/c1-2-8-19-12-6-9-20(10-7-12)13-4-3-5-14(11-13)21-15(16,17)18/h3-5,11-12,19H,2,6-10H2,1H3. The monoisotopic (exact) mass is 302 g/mol. The normalized spacial score (nSPS) is 17.0. The molecule has 21 heavy (non-hydrogen) atoms. The molecule has 1 aromatic carbocycles. The molecule has 2 rings (SSSR count). The third-order valence-corrected chi connectivity index (χ3v) is 3.59. The molecule has 0 radical (unpaired) electrons. The summed E-state index contributed by atoms with van der Waals surface area (Å²) in [6, 6.07) is 6.71. The summed E-state index contributed by atoms with van der Waals surface area (Å²) in [4.78, 5) is 2.10. The first-order chi connectivity index (χ1) is 9.98. The van der Waals surface area contributed by atoms with Crippen molar-refractivity contribution >= 4 is 5.69 Å². The van der Waals surface area contributed by atoms with E-state index in [1.807, 2.05) is 6.07 Å². The molecule has 0 aromatic heterocycles. The minimum Gasteiger partial charge on any atom is -0.406 e. The molecule has 1 saturated heterocycles. The Bertz CT molecular complexity index is 443. The minimum absolute atomic E-state index is 0.161. The molecular formula is C15H21F3N2O. The molecule has 6 heteroatoms. The van der Waals surface area contributed by atoms with Crippen molar-refractivity contribution in [3.8, 4) is 5.75 Å². The van der Waals surface area contributed by atoms with Crippen LogP contribution in [0.3, 0.4) is 0 Å². The highest BCUT2D eigenvalue weighted by atomic mass is 19.4. The zero-order valence-corrected chi connectivity index (χ0v) is 12.1. The molecule has 0 atom stereocenters. The number of halogens is 3. The van der Waals surface area contributed by atoms with Crippen LogP contribution in [0.5, 0.6) is 5.75 Å². The summed E-state index contributed by atoms with van der Waals surface area (Å²) in [6.07, 6.45) is -1.53. The topological polar surface area (TPSA) is 24.5 Å². The van der Waals surface area contributed by atoms with Gasteiger partial charge in [-0.15, -0.1) is 13.2 Å². The first-order valence-electron chi connectivity index (χ1n) is 7.32. The predicted octanol–water partition coefficient (Wildman–Crippen LogP) is 3.55. The number of hydrogen-bond acceptors (Lipinski definition) is 3. The number of hydrogen-bond donors (Lipinski definition) is 1. The molecule has 3 nitrogen and oxygen atoms in total. The van der Waals surface area contributed by atoms with Crippen LogP contribution in [0, 0.1) is 0 Å². The molecule has 0 aliphatic carbocycles. The fraction of sp³-hybridized carbons (Fsp3) is 0.600. The molecule has 1 aliphatic rings. The van der Waals surface area contributed by atoms with Gasteiger partial charge in [-0.2, -0.15) is 0 Å². The molecule has 1 heterocycles. The van der Waals surface area contributed by atoms with Crippen LogP contribution in [-0.4, -0.2) is 32.0 Å². The van der Waals surface area contributed by atoms with E-state index in [0.29, 0.717) is 6.04 Å². The van der Waals surface area contributed by atoms with Crippen molar-refractivity contribution in [3.63, 3.8) is 0 Å². The summed E-state index contributed by atoms with van der Waals surface area (Å²) in [5, 5.41) is 3.49. The summed E-state index contributed by atoms with van der Waals surface area (Å²) in [7, 11) is 0. The quantitative estimate of drug-likeness (QED) is 0.900. The van der Waals surface area contributed by atoms with E-state index in [9.17, 15) is 13.2 Å². The smallest absolute Gasteiger partial charge is 0.406 e. The van der Waals surface area contributed by atoms with Crippen molar-refractivity contribution in [2.45, 2.75) is 38.6 Å². The molecule has 0 bridgehead atoms. The van der Waals surface area contributed by atoms with Gasteiger partial charge >= 0.3 is 6.36 Å². The molecule has 118 valence electrons. The molecular weight excluding hydrogens is 281 g/mol. The second kappa shape index (κ2) is 7.02. The van der Waals surface area contributed by atoms with Crippen LogP contribution in [0.4, 0.5) is 18.9 Å². The van der Waals surface area contributed by atoms with Gasteiger partial charge in [0, 0.05) is 30.9 Å². The summed E-state index contributed by atoms with van der Waals surface area (Å²) in [5.41, 5.74) is 0.783. The maximum Gasteiger partial charge on any atom is 0.573 e. The molecule has 1 aliphatic heterocycles. The van der Waals surface area contributed by atoms with E-state index in [-0.39, 0.29) is 5.75 Å². The Labute approximate surface area is 123 Å². The molecule has 0 saturated carbocycles. The number of ether oxygens (including phenoxy) is 1. The zero-order chi connectivity index (χ0) is 15.3. The number of alkyl halides is 3. The maximum absolute atomic E-state index is 12.2. The number of rotatable bonds is 5. The fourth-order valence-corrected chi connectivity index (χ4v) is 2.57. The Morgan fingerprint density at radius 2 is 2.00 bits per heavy atom. The SMILES string of the molecule is CCCNC1CCN(c2cccc(OC(F)(F)F)c2)CC1. The van der Waals surface area contributed by atoms with Gasteiger partial charge < -0.3 is 15.0 Å². The second-order valence-electron chi connectivity index (χ2n) is 5.26. The highest BCUT2D eigenvalue weighted by molar-refractivity contribution is 5.51. The van der Waals surface area contributed by atoms with Crippen LogP contribution in [0.1, 0.15) is 26.2 Å². The van der Waals surface area contributed by atoms with Crippen molar-refractivity contribution in [1.29, 1.82) is 0 Å². The Hall–Kier alpha value is -1.43. The van der Waals surface area contributed by atoms with Crippen LogP contribution in [0.15, 0.2) is 24.3 Å². The van der Waals surface area contributed by atoms with Crippen LogP contribution in [-0.2, 0) is 0 Å². The van der Waals surface area contributed by atoms with E-state index in [2.05, 4.69) is 21.9 Å². The average Bonchev–Trinajstić information content (AvgIpc) is 2.44. The van der Waals surface area contributed by atoms with E-state index < -0.39 is 6.36 Å². The van der Waals surface area contributed by atoms with Crippen LogP contribution >= 0.6 is 0 Å². The zero-order valence-electron chi connectivity index (χ0n) is 12.1. The van der Waals surface area contributed by atoms with Crippen molar-refractivity contribution in [3.05, 3.63) is 24.3 Å². The lowest BCUT2D eigenvalue weighted by Gasteiger charge is -2.34. The highest BCUT2D eigenvalue weighted by Crippen LogP contribution is 2.28. The Balaban J connectivity index is 1.92. The summed E-state index contributed by atoms with van der Waals surface area (Å²) < 4.78 is 40.7. The van der Waals surface area contributed by atoms with Crippen molar-refractivity contribution in [2.24, 2.45) is 0 Å². The van der Waals surface area contributed by atoms with Gasteiger partial charge in [0.25, 0.3) is 0 Å². The summed E-state index contributed by atoms with van der Waals surface area (Å²) in [6.45, 7) is 4.83. The predicted molar refractivity (Wildman–Crippen MR) is 76.7 cm³/mol. The molecule has 0 amide bonds. The Morgan fingerprint density at radius 1 is 1.29 bits per heavy atom. The van der Waals surface area contributed by atoms with Crippen LogP contribution in [0.25, 0.3) is 0 Å². The van der Waals surface area contributed by atoms with Crippen molar-refractivity contribution < 1.29 is 17.9 Å². The number of benzene rings is 1. The lowest BCUT2D eigenvalue weighted by Crippen LogP contribution is -2.42. The van der Waals surface area contributed by atoms with E-state index >= 15 is 0 Å². The molecule has 1 aromatic rings. The molecule has 0 spiro atoms. The lowest BCUT2D eigenvalue weighted by molar-refractivity contribution is -0.274. The Morgan fingerprint density at radius 3 is 2.62 bits per heavy atom. The van der Waals surface area contributed by atoms with Crippen molar-refractivity contribution in [1.82, 2.24) is 5.32 Å². The number of nitrogens with zero attached hydrogens (tertiary/aromatic N) is 1. The minimum atomic E-state index is -4.64. The number of piperidine rings is 1. The third-order valence-electron chi connectivity index (χ3n) is 3.59. The van der Waals surface area contributed by atoms with Gasteiger partial charge in [-0.1, -0.05) is 13.0 Å². The van der Waals surface area contributed by atoms with Crippen LogP contribution in [0.2, 0.25) is 0 Å². The maximum atomic E-state index is 12.2. The van der Waals surface area contributed by atoms with Gasteiger partial charge in [-0.25, -0.2) is 0 Å². The molecule has 1 fully saturated rings. The number of anilines is 1. The molecule has 1 N–H and O–H groups in total. The van der Waals surface area contributed by atoms with Crippen molar-refractivity contribution in [2.75, 3.05) is 24.5 Å². The van der Waals surface area contributed by atoms with E-state index in [1.54, 1.807) is 6.07 Å². The first-order valence-corrected chi connectivity index (χ1v) is 7.32. The third kappa shape index (κ3) is 5.12.